The number of H-pyrrole nitrogens is 1. The summed E-state index contributed by atoms with van der Waals surface area (Å²) < 4.78 is 0. The Morgan fingerprint density at radius 3 is 3.00 bits per heavy atom. The number of likely N-dealkylation sites (N-methyl/N-ethyl adjacent to an activating group) is 2. The van der Waals surface area contributed by atoms with E-state index in [0.29, 0.717) is 0 Å². The number of aromatic amines is 1. The Kier molecular flexibility index (Phi) is 4.54. The molecule has 0 aliphatic heterocycles. The van der Waals surface area contributed by atoms with E-state index in [2.05, 4.69) is 27.5 Å². The Balaban J connectivity index is 2.13. The zero-order valence-corrected chi connectivity index (χ0v) is 11.3. The third kappa shape index (κ3) is 3.56. The number of nitrogens with zero attached hydrogens (tertiary/aromatic N) is 2. The van der Waals surface area contributed by atoms with Crippen LogP contribution in [0.4, 0.5) is 0 Å². The smallest absolute Gasteiger partial charge is 0.116 e. The van der Waals surface area contributed by atoms with Gasteiger partial charge in [0.2, 0.25) is 0 Å². The van der Waals surface area contributed by atoms with Gasteiger partial charge in [-0.3, -0.25) is 5.10 Å². The van der Waals surface area contributed by atoms with Crippen LogP contribution >= 0.6 is 0 Å². The molecule has 0 aliphatic carbocycles. The fraction of sp³-hybridized carbons (Fsp3) is 0.357. The lowest BCUT2D eigenvalue weighted by atomic mass is 10.1. The van der Waals surface area contributed by atoms with E-state index < -0.39 is 0 Å². The highest BCUT2D eigenvalue weighted by Gasteiger charge is 2.10. The first-order valence-electron chi connectivity index (χ1n) is 6.35. The van der Waals surface area contributed by atoms with Crippen LogP contribution in [0.2, 0.25) is 0 Å². The van der Waals surface area contributed by atoms with Crippen molar-refractivity contribution in [1.29, 1.82) is 0 Å². The van der Waals surface area contributed by atoms with Gasteiger partial charge in [-0.15, -0.1) is 0 Å². The standard InChI is InChI=1S/C14H20N4O/c1-15-6-7-18(2)10-12-9-16-17-14(12)11-4-3-5-13(19)8-11/h3-5,8-9,15,19H,6-7,10H2,1-2H3,(H,16,17). The summed E-state index contributed by atoms with van der Waals surface area (Å²) in [5.41, 5.74) is 3.05. The van der Waals surface area contributed by atoms with Crippen molar-refractivity contribution >= 4 is 0 Å². The van der Waals surface area contributed by atoms with Gasteiger partial charge in [0.25, 0.3) is 0 Å². The Hall–Kier alpha value is -1.85. The van der Waals surface area contributed by atoms with Crippen molar-refractivity contribution in [2.24, 2.45) is 0 Å². The monoisotopic (exact) mass is 260 g/mol. The van der Waals surface area contributed by atoms with Gasteiger partial charge in [-0.25, -0.2) is 0 Å². The van der Waals surface area contributed by atoms with E-state index in [1.165, 1.54) is 0 Å². The molecule has 0 saturated heterocycles. The first kappa shape index (κ1) is 13.6. The van der Waals surface area contributed by atoms with Crippen molar-refractivity contribution in [3.8, 4) is 17.0 Å². The van der Waals surface area contributed by atoms with Crippen LogP contribution in [0, 0.1) is 0 Å². The lowest BCUT2D eigenvalue weighted by Gasteiger charge is -2.16. The van der Waals surface area contributed by atoms with Gasteiger partial charge in [0.05, 0.1) is 11.9 Å². The molecular formula is C14H20N4O. The Morgan fingerprint density at radius 2 is 2.26 bits per heavy atom. The van der Waals surface area contributed by atoms with Gasteiger partial charge in [-0.1, -0.05) is 12.1 Å². The second-order valence-corrected chi connectivity index (χ2v) is 4.66. The maximum atomic E-state index is 9.55. The number of hydrogen-bond acceptors (Lipinski definition) is 4. The van der Waals surface area contributed by atoms with Crippen LogP contribution in [0.5, 0.6) is 5.75 Å². The highest BCUT2D eigenvalue weighted by molar-refractivity contribution is 5.64. The SMILES string of the molecule is CNCCN(C)Cc1cn[nH]c1-c1cccc(O)c1. The van der Waals surface area contributed by atoms with Gasteiger partial charge in [0.1, 0.15) is 5.75 Å². The molecule has 0 aliphatic rings. The quantitative estimate of drug-likeness (QED) is 0.735. The number of benzene rings is 1. The van der Waals surface area contributed by atoms with Crippen molar-refractivity contribution in [1.82, 2.24) is 20.4 Å². The number of aromatic nitrogens is 2. The number of rotatable bonds is 6. The van der Waals surface area contributed by atoms with Crippen LogP contribution in [-0.2, 0) is 6.54 Å². The third-order valence-electron chi connectivity index (χ3n) is 3.04. The van der Waals surface area contributed by atoms with Gasteiger partial charge >= 0.3 is 0 Å². The molecule has 1 heterocycles. The molecule has 3 N–H and O–H groups in total. The molecule has 0 unspecified atom stereocenters. The molecule has 0 radical (unpaired) electrons. The van der Waals surface area contributed by atoms with Crippen molar-refractivity contribution in [2.45, 2.75) is 6.54 Å². The number of nitrogens with one attached hydrogen (secondary N) is 2. The molecule has 1 aromatic heterocycles. The highest BCUT2D eigenvalue weighted by atomic mass is 16.3. The largest absolute Gasteiger partial charge is 0.508 e. The van der Waals surface area contributed by atoms with E-state index in [1.54, 1.807) is 12.1 Å². The summed E-state index contributed by atoms with van der Waals surface area (Å²) in [6.07, 6.45) is 1.84. The summed E-state index contributed by atoms with van der Waals surface area (Å²) in [5.74, 6) is 0.265. The first-order chi connectivity index (χ1) is 9.20. The summed E-state index contributed by atoms with van der Waals surface area (Å²) in [7, 11) is 4.03. The zero-order valence-electron chi connectivity index (χ0n) is 11.3. The molecule has 102 valence electrons. The molecule has 2 rings (SSSR count). The van der Waals surface area contributed by atoms with Crippen LogP contribution in [-0.4, -0.2) is 47.4 Å². The number of phenolic OH excluding ortho intramolecular Hbond substituents is 1. The number of aromatic hydroxyl groups is 1. The van der Waals surface area contributed by atoms with Crippen LogP contribution < -0.4 is 5.32 Å². The summed E-state index contributed by atoms with van der Waals surface area (Å²) >= 11 is 0. The lowest BCUT2D eigenvalue weighted by molar-refractivity contribution is 0.328. The van der Waals surface area contributed by atoms with Gasteiger partial charge in [0.15, 0.2) is 0 Å². The fourth-order valence-electron chi connectivity index (χ4n) is 2.01. The molecule has 0 fully saturated rings. The van der Waals surface area contributed by atoms with Gasteiger partial charge in [-0.05, 0) is 26.2 Å². The second-order valence-electron chi connectivity index (χ2n) is 4.66. The predicted molar refractivity (Wildman–Crippen MR) is 75.9 cm³/mol. The maximum absolute atomic E-state index is 9.55. The third-order valence-corrected chi connectivity index (χ3v) is 3.04. The lowest BCUT2D eigenvalue weighted by Crippen LogP contribution is -2.26. The summed E-state index contributed by atoms with van der Waals surface area (Å²) in [5, 5.41) is 19.8. The van der Waals surface area contributed by atoms with E-state index in [0.717, 1.165) is 36.5 Å². The molecule has 0 bridgehead atoms. The van der Waals surface area contributed by atoms with Gasteiger partial charge in [-0.2, -0.15) is 5.10 Å². The minimum atomic E-state index is 0.265. The number of phenols is 1. The molecule has 0 amide bonds. The van der Waals surface area contributed by atoms with Crippen LogP contribution in [0.25, 0.3) is 11.3 Å². The highest BCUT2D eigenvalue weighted by Crippen LogP contribution is 2.24. The van der Waals surface area contributed by atoms with Gasteiger partial charge in [0, 0.05) is 30.8 Å². The topological polar surface area (TPSA) is 64.2 Å². The van der Waals surface area contributed by atoms with Gasteiger partial charge < -0.3 is 15.3 Å². The van der Waals surface area contributed by atoms with E-state index in [1.807, 2.05) is 25.4 Å². The summed E-state index contributed by atoms with van der Waals surface area (Å²) in [4.78, 5) is 2.23. The Labute approximate surface area is 113 Å². The second kappa shape index (κ2) is 6.36. The van der Waals surface area contributed by atoms with Crippen molar-refractivity contribution in [3.63, 3.8) is 0 Å². The van der Waals surface area contributed by atoms with Crippen molar-refractivity contribution in [2.75, 3.05) is 27.2 Å². The minimum Gasteiger partial charge on any atom is -0.508 e. The van der Waals surface area contributed by atoms with E-state index >= 15 is 0 Å². The van der Waals surface area contributed by atoms with Crippen molar-refractivity contribution < 1.29 is 5.11 Å². The van der Waals surface area contributed by atoms with E-state index in [4.69, 9.17) is 0 Å². The molecule has 5 nitrogen and oxygen atoms in total. The molecule has 2 aromatic rings. The number of hydrogen-bond donors (Lipinski definition) is 3. The molecule has 1 aromatic carbocycles. The zero-order chi connectivity index (χ0) is 13.7. The normalized spacial score (nSPS) is 11.1. The van der Waals surface area contributed by atoms with Crippen molar-refractivity contribution in [3.05, 3.63) is 36.0 Å². The van der Waals surface area contributed by atoms with Crippen LogP contribution in [0.15, 0.2) is 30.5 Å². The average molecular weight is 260 g/mol. The average Bonchev–Trinajstić information content (AvgIpc) is 2.84. The molecular weight excluding hydrogens is 240 g/mol. The van der Waals surface area contributed by atoms with E-state index in [-0.39, 0.29) is 5.75 Å². The minimum absolute atomic E-state index is 0.265. The maximum Gasteiger partial charge on any atom is 0.116 e. The van der Waals surface area contributed by atoms with Crippen LogP contribution in [0.1, 0.15) is 5.56 Å². The fourth-order valence-corrected chi connectivity index (χ4v) is 2.01. The molecule has 19 heavy (non-hydrogen) atoms. The Bertz CT molecular complexity index is 524. The predicted octanol–water partition coefficient (Wildman–Crippen LogP) is 1.43. The first-order valence-corrected chi connectivity index (χ1v) is 6.35. The molecule has 0 spiro atoms. The van der Waals surface area contributed by atoms with Crippen LogP contribution in [0.3, 0.4) is 0 Å². The molecule has 5 heteroatoms. The Morgan fingerprint density at radius 1 is 1.42 bits per heavy atom. The summed E-state index contributed by atoms with van der Waals surface area (Å²) in [6.45, 7) is 2.75. The summed E-state index contributed by atoms with van der Waals surface area (Å²) in [6, 6.07) is 7.20. The van der Waals surface area contributed by atoms with E-state index in [9.17, 15) is 5.11 Å². The molecule has 0 saturated carbocycles. The molecule has 0 atom stereocenters.